The number of pyridine rings is 2. The maximum absolute atomic E-state index is 13.7. The Morgan fingerprint density at radius 1 is 1.04 bits per heavy atom. The van der Waals surface area contributed by atoms with E-state index in [1.165, 1.54) is 31.7 Å². The highest BCUT2D eigenvalue weighted by molar-refractivity contribution is 7.90. The van der Waals surface area contributed by atoms with E-state index in [1.54, 1.807) is 28.9 Å². The number of nitrogens with one attached hydrogen (secondary N) is 2. The minimum Gasteiger partial charge on any atom is -0.477 e. The van der Waals surface area contributed by atoms with Crippen molar-refractivity contribution in [2.24, 2.45) is 22.7 Å². The topological polar surface area (TPSA) is 131 Å². The molecule has 0 radical (unpaired) electrons. The van der Waals surface area contributed by atoms with E-state index in [1.807, 2.05) is 12.3 Å². The molecule has 3 saturated carbocycles. The molecule has 4 fully saturated rings. The summed E-state index contributed by atoms with van der Waals surface area (Å²) < 4.78 is 36.7. The first-order chi connectivity index (χ1) is 21.8. The van der Waals surface area contributed by atoms with E-state index in [-0.39, 0.29) is 16.1 Å². The van der Waals surface area contributed by atoms with E-state index in [2.05, 4.69) is 52.0 Å². The van der Waals surface area contributed by atoms with Gasteiger partial charge in [0.2, 0.25) is 5.88 Å². The summed E-state index contributed by atoms with van der Waals surface area (Å²) in [5, 5.41) is 7.84. The van der Waals surface area contributed by atoms with E-state index in [4.69, 9.17) is 9.72 Å². The number of hydrogen-bond donors (Lipinski definition) is 2. The number of amides is 1. The van der Waals surface area contributed by atoms with Crippen LogP contribution < -0.4 is 19.7 Å². The molecule has 46 heavy (non-hydrogen) atoms. The van der Waals surface area contributed by atoms with Crippen LogP contribution in [0.2, 0.25) is 19.1 Å². The molecule has 8 rings (SSSR count). The minimum atomic E-state index is -4.24. The maximum Gasteiger partial charge on any atom is 0.281 e. The molecule has 2 N–H and O–H groups in total. The minimum absolute atomic E-state index is 0.192. The second kappa shape index (κ2) is 10.0. The van der Waals surface area contributed by atoms with Gasteiger partial charge in [0.05, 0.1) is 20.2 Å². The Balaban J connectivity index is 1.09. The van der Waals surface area contributed by atoms with Gasteiger partial charge in [-0.2, -0.15) is 8.42 Å². The van der Waals surface area contributed by atoms with Crippen molar-refractivity contribution in [1.82, 2.24) is 24.5 Å². The van der Waals surface area contributed by atoms with Crippen LogP contribution in [0.4, 0.5) is 11.6 Å². The number of aromatic nitrogens is 4. The number of fused-ring (bicyclic) bond motifs is 7. The van der Waals surface area contributed by atoms with Gasteiger partial charge in [0.25, 0.3) is 15.9 Å². The Morgan fingerprint density at radius 3 is 2.54 bits per heavy atom. The van der Waals surface area contributed by atoms with E-state index in [0.29, 0.717) is 46.7 Å². The van der Waals surface area contributed by atoms with Gasteiger partial charge in [0.1, 0.15) is 11.6 Å². The molecule has 5 aliphatic rings. The fourth-order valence-corrected chi connectivity index (χ4v) is 12.6. The summed E-state index contributed by atoms with van der Waals surface area (Å²) in [5.41, 5.74) is 1.22. The molecule has 11 nitrogen and oxygen atoms in total. The fourth-order valence-electron chi connectivity index (χ4n) is 9.07. The Bertz CT molecular complexity index is 1810. The second-order valence-corrected chi connectivity index (χ2v) is 22.4. The maximum atomic E-state index is 13.7. The van der Waals surface area contributed by atoms with Gasteiger partial charge >= 0.3 is 0 Å². The Morgan fingerprint density at radius 2 is 1.80 bits per heavy atom. The smallest absolute Gasteiger partial charge is 0.281 e. The third kappa shape index (κ3) is 5.01. The number of nitrogens with zero attached hydrogens (tertiary/aromatic N) is 5. The summed E-state index contributed by atoms with van der Waals surface area (Å²) in [6.45, 7) is 10.4. The van der Waals surface area contributed by atoms with Gasteiger partial charge in [0, 0.05) is 30.5 Å². The summed E-state index contributed by atoms with van der Waals surface area (Å²) in [6.07, 6.45) is 10.2. The first-order valence-corrected chi connectivity index (χ1v) is 21.5. The quantitative estimate of drug-likeness (QED) is 0.362. The molecular formula is C33H43N7O4SSi. The average molecular weight is 662 g/mol. The van der Waals surface area contributed by atoms with E-state index in [0.717, 1.165) is 37.5 Å². The van der Waals surface area contributed by atoms with Gasteiger partial charge in [-0.1, -0.05) is 25.2 Å². The van der Waals surface area contributed by atoms with Gasteiger partial charge in [-0.05, 0) is 99.3 Å². The first-order valence-electron chi connectivity index (χ1n) is 16.6. The lowest BCUT2D eigenvalue weighted by atomic mass is 9.97. The fraction of sp³-hybridized carbons (Fsp3) is 0.576. The predicted molar refractivity (Wildman–Crippen MR) is 177 cm³/mol. The molecule has 1 amide bonds. The van der Waals surface area contributed by atoms with Crippen molar-refractivity contribution in [3.63, 3.8) is 0 Å². The molecule has 2 spiro atoms. The lowest BCUT2D eigenvalue weighted by Gasteiger charge is -2.34. The van der Waals surface area contributed by atoms with Gasteiger partial charge in [0.15, 0.2) is 10.8 Å². The zero-order valence-electron chi connectivity index (χ0n) is 27.0. The number of hydrogen-bond acceptors (Lipinski definition) is 9. The van der Waals surface area contributed by atoms with Crippen molar-refractivity contribution < 1.29 is 17.9 Å². The predicted octanol–water partition coefficient (Wildman–Crippen LogP) is 5.02. The molecule has 1 atom stereocenters. The molecule has 3 aromatic heterocycles. The van der Waals surface area contributed by atoms with Crippen molar-refractivity contribution in [2.75, 3.05) is 29.5 Å². The number of rotatable bonds is 5. The Kier molecular flexibility index (Phi) is 6.52. The molecule has 3 aliphatic carbocycles. The summed E-state index contributed by atoms with van der Waals surface area (Å²) in [6, 6.07) is 11.1. The molecule has 3 aromatic rings. The van der Waals surface area contributed by atoms with Crippen LogP contribution >= 0.6 is 0 Å². The number of anilines is 2. The monoisotopic (exact) mass is 661 g/mol. The van der Waals surface area contributed by atoms with Crippen LogP contribution in [0.1, 0.15) is 62.7 Å². The van der Waals surface area contributed by atoms with Crippen molar-refractivity contribution in [1.29, 1.82) is 0 Å². The summed E-state index contributed by atoms with van der Waals surface area (Å²) in [4.78, 5) is 25.2. The average Bonchev–Trinajstić information content (AvgIpc) is 3.95. The van der Waals surface area contributed by atoms with Gasteiger partial charge in [-0.3, -0.25) is 4.79 Å². The lowest BCUT2D eigenvalue weighted by molar-refractivity contribution is 0.0981. The molecule has 0 aromatic carbocycles. The van der Waals surface area contributed by atoms with Gasteiger partial charge < -0.3 is 15.0 Å². The first kappa shape index (κ1) is 29.9. The summed E-state index contributed by atoms with van der Waals surface area (Å²) in [7, 11) is -6.00. The van der Waals surface area contributed by atoms with Crippen LogP contribution in [0.3, 0.4) is 0 Å². The van der Waals surface area contributed by atoms with Crippen LogP contribution in [-0.2, 0) is 10.0 Å². The van der Waals surface area contributed by atoms with Crippen LogP contribution in [0.15, 0.2) is 47.6 Å². The van der Waals surface area contributed by atoms with E-state index >= 15 is 0 Å². The molecule has 2 aliphatic heterocycles. The highest BCUT2D eigenvalue weighted by Gasteiger charge is 2.85. The van der Waals surface area contributed by atoms with Gasteiger partial charge in [-0.15, -0.1) is 5.10 Å². The zero-order valence-corrected chi connectivity index (χ0v) is 28.9. The third-order valence-corrected chi connectivity index (χ3v) is 15.5. The molecule has 244 valence electrons. The SMILES string of the molecule is CC1(C)CC2CN1c1nc(-n3ccc(OCCC4C5(CC5)C45CC5)n3)ccc1C(=O)NS(=O)(=O)c1cccc(n1)NC[Si](C)(C)C2. The van der Waals surface area contributed by atoms with Crippen LogP contribution in [0, 0.1) is 22.7 Å². The number of carbonyl (C=O) groups is 1. The van der Waals surface area contributed by atoms with Crippen molar-refractivity contribution in [3.05, 3.63) is 48.2 Å². The third-order valence-electron chi connectivity index (χ3n) is 11.4. The van der Waals surface area contributed by atoms with Gasteiger partial charge in [-0.25, -0.2) is 19.4 Å². The molecular weight excluding hydrogens is 619 g/mol. The Labute approximate surface area is 271 Å². The van der Waals surface area contributed by atoms with Crippen molar-refractivity contribution in [3.8, 4) is 11.7 Å². The summed E-state index contributed by atoms with van der Waals surface area (Å²) >= 11 is 0. The molecule has 1 unspecified atom stereocenters. The van der Waals surface area contributed by atoms with Crippen LogP contribution in [0.25, 0.3) is 5.82 Å². The highest BCUT2D eigenvalue weighted by atomic mass is 32.2. The van der Waals surface area contributed by atoms with E-state index < -0.39 is 24.0 Å². The standard InChI is InChI=1S/C33H43N7O4SSi/c1-31(2)18-22-19-39(31)29-23(30(41)38-45(42,43)28-7-5-6-25(35-28)34-21-46(3,4)20-22)8-9-26(36-29)40-16-10-27(37-40)44-17-11-24-32(12-13-32)33(24)14-15-33/h5-10,16,22,24H,11-15,17-21H2,1-4H3,(H,34,35)(H,38,41). The lowest BCUT2D eigenvalue weighted by Crippen LogP contribution is -2.41. The second-order valence-electron chi connectivity index (χ2n) is 15.7. The van der Waals surface area contributed by atoms with Crippen molar-refractivity contribution >= 4 is 35.6 Å². The largest absolute Gasteiger partial charge is 0.477 e. The van der Waals surface area contributed by atoms with Crippen LogP contribution in [-0.4, -0.2) is 67.0 Å². The van der Waals surface area contributed by atoms with E-state index in [9.17, 15) is 13.2 Å². The number of ether oxygens (including phenoxy) is 1. The van der Waals surface area contributed by atoms with Crippen LogP contribution in [0.5, 0.6) is 5.88 Å². The molecule has 5 heterocycles. The number of carbonyl (C=O) groups excluding carboxylic acids is 1. The van der Waals surface area contributed by atoms with Crippen molar-refractivity contribution in [2.45, 2.75) is 82.1 Å². The molecule has 4 bridgehead atoms. The molecule has 1 saturated heterocycles. The highest BCUT2D eigenvalue weighted by Crippen LogP contribution is 2.93. The molecule has 13 heteroatoms. The normalized spacial score (nSPS) is 26.0. The zero-order chi connectivity index (χ0) is 32.1. The summed E-state index contributed by atoms with van der Waals surface area (Å²) in [5.74, 6) is 2.49. The number of sulfonamides is 1. The Hall–Kier alpha value is -3.45.